The molecule has 7 nitrogen and oxygen atoms in total. The number of hydrogen-bond acceptors (Lipinski definition) is 5. The molecular weight excluding hydrogens is 476 g/mol. The van der Waals surface area contributed by atoms with Gasteiger partial charge in [0, 0.05) is 31.9 Å². The third-order valence-corrected chi connectivity index (χ3v) is 7.65. The van der Waals surface area contributed by atoms with Crippen molar-refractivity contribution < 1.29 is 26.7 Å². The molecule has 0 spiro atoms. The van der Waals surface area contributed by atoms with Gasteiger partial charge in [0.05, 0.1) is 17.7 Å². The molecule has 1 heterocycles. The van der Waals surface area contributed by atoms with Crippen LogP contribution in [0, 0.1) is 11.6 Å². The van der Waals surface area contributed by atoms with E-state index in [2.05, 4.69) is 0 Å². The second-order valence-electron chi connectivity index (χ2n) is 8.01. The highest BCUT2D eigenvalue weighted by Crippen LogP contribution is 2.26. The van der Waals surface area contributed by atoms with E-state index in [-0.39, 0.29) is 22.3 Å². The Labute approximate surface area is 203 Å². The topological polar surface area (TPSA) is 70.2 Å². The maximum atomic E-state index is 13.5. The average Bonchev–Trinajstić information content (AvgIpc) is 2.88. The fourth-order valence-electron chi connectivity index (χ4n) is 3.89. The molecule has 1 amide bonds. The molecular formula is C25H25F2N3O4S. The minimum Gasteiger partial charge on any atom is -0.497 e. The van der Waals surface area contributed by atoms with Crippen LogP contribution < -0.4 is 13.9 Å². The van der Waals surface area contributed by atoms with Gasteiger partial charge in [0.1, 0.15) is 23.9 Å². The van der Waals surface area contributed by atoms with Gasteiger partial charge in [-0.25, -0.2) is 17.2 Å². The van der Waals surface area contributed by atoms with Crippen molar-refractivity contribution in [2.45, 2.75) is 4.90 Å². The third kappa shape index (κ3) is 5.54. The van der Waals surface area contributed by atoms with Crippen LogP contribution in [0.2, 0.25) is 0 Å². The predicted molar refractivity (Wildman–Crippen MR) is 129 cm³/mol. The normalized spacial score (nSPS) is 14.0. The SMILES string of the molecule is COc1ccc(S(=O)(=O)N(CC(=O)N2CCN(c3ccc(F)cc3)CC2)c2ccc(F)cc2)cc1. The molecule has 35 heavy (non-hydrogen) atoms. The number of methoxy groups -OCH3 is 1. The lowest BCUT2D eigenvalue weighted by molar-refractivity contribution is -0.129. The van der Waals surface area contributed by atoms with Crippen molar-refractivity contribution >= 4 is 27.3 Å². The number of hydrogen-bond donors (Lipinski definition) is 0. The molecule has 1 aliphatic rings. The summed E-state index contributed by atoms with van der Waals surface area (Å²) in [6, 6.07) is 16.9. The van der Waals surface area contributed by atoms with Gasteiger partial charge in [-0.05, 0) is 72.8 Å². The molecule has 0 saturated carbocycles. The number of rotatable bonds is 7. The first-order valence-electron chi connectivity index (χ1n) is 11.0. The highest BCUT2D eigenvalue weighted by Gasteiger charge is 2.30. The van der Waals surface area contributed by atoms with Gasteiger partial charge >= 0.3 is 0 Å². The molecule has 0 atom stereocenters. The van der Waals surface area contributed by atoms with Crippen LogP contribution in [0.5, 0.6) is 5.75 Å². The van der Waals surface area contributed by atoms with Crippen LogP contribution in [0.4, 0.5) is 20.2 Å². The zero-order valence-electron chi connectivity index (χ0n) is 19.1. The van der Waals surface area contributed by atoms with Gasteiger partial charge in [0.25, 0.3) is 10.0 Å². The van der Waals surface area contributed by atoms with Crippen LogP contribution >= 0.6 is 0 Å². The van der Waals surface area contributed by atoms with Crippen molar-refractivity contribution in [3.05, 3.63) is 84.4 Å². The summed E-state index contributed by atoms with van der Waals surface area (Å²) in [6.45, 7) is 1.39. The van der Waals surface area contributed by atoms with Crippen LogP contribution in [0.3, 0.4) is 0 Å². The number of ether oxygens (including phenoxy) is 1. The number of benzene rings is 3. The van der Waals surface area contributed by atoms with Gasteiger partial charge in [-0.1, -0.05) is 0 Å². The highest BCUT2D eigenvalue weighted by molar-refractivity contribution is 7.92. The lowest BCUT2D eigenvalue weighted by Crippen LogP contribution is -2.52. The molecule has 1 fully saturated rings. The Bertz CT molecular complexity index is 1260. The number of nitrogens with zero attached hydrogens (tertiary/aromatic N) is 3. The second-order valence-corrected chi connectivity index (χ2v) is 9.87. The van der Waals surface area contributed by atoms with E-state index in [1.54, 1.807) is 17.0 Å². The average molecular weight is 502 g/mol. The summed E-state index contributed by atoms with van der Waals surface area (Å²) in [5, 5.41) is 0. The Morgan fingerprint density at radius 2 is 1.40 bits per heavy atom. The number of halogens is 2. The number of anilines is 2. The van der Waals surface area contributed by atoms with E-state index in [4.69, 9.17) is 4.74 Å². The van der Waals surface area contributed by atoms with Crippen molar-refractivity contribution in [1.82, 2.24) is 4.90 Å². The lowest BCUT2D eigenvalue weighted by Gasteiger charge is -2.37. The zero-order chi connectivity index (χ0) is 25.0. The predicted octanol–water partition coefficient (Wildman–Crippen LogP) is 3.52. The standard InChI is InChI=1S/C25H25F2N3O4S/c1-34-23-10-12-24(13-11-23)35(32,33)30(22-8-4-20(27)5-9-22)18-25(31)29-16-14-28(15-17-29)21-6-2-19(26)3-7-21/h2-13H,14-18H2,1H3. The fourth-order valence-corrected chi connectivity index (χ4v) is 5.30. The molecule has 0 aliphatic carbocycles. The van der Waals surface area contributed by atoms with E-state index in [9.17, 15) is 22.0 Å². The van der Waals surface area contributed by atoms with E-state index < -0.39 is 22.4 Å². The van der Waals surface area contributed by atoms with E-state index in [0.29, 0.717) is 31.9 Å². The minimum absolute atomic E-state index is 0.0171. The molecule has 3 aromatic carbocycles. The number of carbonyl (C=O) groups is 1. The molecule has 1 saturated heterocycles. The van der Waals surface area contributed by atoms with Crippen LogP contribution in [0.1, 0.15) is 0 Å². The van der Waals surface area contributed by atoms with Crippen LogP contribution in [0.25, 0.3) is 0 Å². The van der Waals surface area contributed by atoms with Gasteiger partial charge in [-0.15, -0.1) is 0 Å². The minimum atomic E-state index is -4.12. The Balaban J connectivity index is 1.52. The number of carbonyl (C=O) groups excluding carboxylic acids is 1. The van der Waals surface area contributed by atoms with Gasteiger partial charge in [-0.2, -0.15) is 0 Å². The lowest BCUT2D eigenvalue weighted by atomic mass is 10.2. The third-order valence-electron chi connectivity index (χ3n) is 5.87. The first kappa shape index (κ1) is 24.5. The number of sulfonamides is 1. The summed E-state index contributed by atoms with van der Waals surface area (Å²) in [6.07, 6.45) is 0. The molecule has 0 N–H and O–H groups in total. The van der Waals surface area contributed by atoms with Crippen LogP contribution in [-0.4, -0.2) is 59.1 Å². The van der Waals surface area contributed by atoms with Crippen molar-refractivity contribution in [2.24, 2.45) is 0 Å². The maximum Gasteiger partial charge on any atom is 0.264 e. The molecule has 0 aromatic heterocycles. The highest BCUT2D eigenvalue weighted by atomic mass is 32.2. The quantitative estimate of drug-likeness (QED) is 0.496. The zero-order valence-corrected chi connectivity index (χ0v) is 19.9. The number of piperazine rings is 1. The molecule has 3 aromatic rings. The van der Waals surface area contributed by atoms with E-state index in [0.717, 1.165) is 22.1 Å². The Morgan fingerprint density at radius 3 is 1.94 bits per heavy atom. The first-order chi connectivity index (χ1) is 16.8. The van der Waals surface area contributed by atoms with Crippen molar-refractivity contribution in [2.75, 3.05) is 49.0 Å². The monoisotopic (exact) mass is 501 g/mol. The van der Waals surface area contributed by atoms with Crippen molar-refractivity contribution in [3.63, 3.8) is 0 Å². The largest absolute Gasteiger partial charge is 0.497 e. The van der Waals surface area contributed by atoms with Gasteiger partial charge < -0.3 is 14.5 Å². The molecule has 0 radical (unpaired) electrons. The van der Waals surface area contributed by atoms with Crippen LogP contribution in [-0.2, 0) is 14.8 Å². The summed E-state index contributed by atoms with van der Waals surface area (Å²) in [7, 11) is -2.65. The summed E-state index contributed by atoms with van der Waals surface area (Å²) in [4.78, 5) is 16.8. The molecule has 1 aliphatic heterocycles. The molecule has 0 bridgehead atoms. The molecule has 184 valence electrons. The smallest absolute Gasteiger partial charge is 0.264 e. The maximum absolute atomic E-state index is 13.5. The fraction of sp³-hybridized carbons (Fsp3) is 0.240. The molecule has 0 unspecified atom stereocenters. The second kappa shape index (κ2) is 10.3. The van der Waals surface area contributed by atoms with E-state index >= 15 is 0 Å². The van der Waals surface area contributed by atoms with E-state index in [1.807, 2.05) is 4.90 Å². The van der Waals surface area contributed by atoms with Gasteiger partial charge in [-0.3, -0.25) is 9.10 Å². The molecule has 10 heteroatoms. The number of amides is 1. The first-order valence-corrected chi connectivity index (χ1v) is 12.4. The summed E-state index contributed by atoms with van der Waals surface area (Å²) in [5.74, 6) is -0.710. The Kier molecular flexibility index (Phi) is 7.20. The van der Waals surface area contributed by atoms with Crippen molar-refractivity contribution in [1.29, 1.82) is 0 Å². The summed E-state index contributed by atoms with van der Waals surface area (Å²) in [5.41, 5.74) is 1.04. The summed E-state index contributed by atoms with van der Waals surface area (Å²) >= 11 is 0. The van der Waals surface area contributed by atoms with Gasteiger partial charge in [0.15, 0.2) is 0 Å². The summed E-state index contributed by atoms with van der Waals surface area (Å²) < 4.78 is 59.8. The Morgan fingerprint density at radius 1 is 0.857 bits per heavy atom. The van der Waals surface area contributed by atoms with Crippen LogP contribution in [0.15, 0.2) is 77.7 Å². The van der Waals surface area contributed by atoms with E-state index in [1.165, 1.54) is 55.6 Å². The Hall–Kier alpha value is -3.66. The molecule has 4 rings (SSSR count). The van der Waals surface area contributed by atoms with Crippen molar-refractivity contribution in [3.8, 4) is 5.75 Å². The van der Waals surface area contributed by atoms with Gasteiger partial charge in [0.2, 0.25) is 5.91 Å².